The maximum absolute atomic E-state index is 12.4. The standard InChI is InChI=1S/C34H25N5O.ClH/c1-19-9-30(31(16-36)29-14-24-11-21-6-4-3-5-20(21)10-23(24)13-27(19)29)33-32(18-38-39(33)2)22-7-8-26-28(12-22)25(15-35)17-37-34(26)40;/h3-14,17-18H,15,35H2,1-2H3,(H,37,40);1H. The van der Waals surface area contributed by atoms with Gasteiger partial charge in [0.2, 0.25) is 0 Å². The highest BCUT2D eigenvalue weighted by atomic mass is 35.5. The van der Waals surface area contributed by atoms with Crippen LogP contribution in [0.3, 0.4) is 0 Å². The number of aryl methyl sites for hydroxylation is 2. The summed E-state index contributed by atoms with van der Waals surface area (Å²) in [6, 6.07) is 27.4. The number of nitriles is 1. The summed E-state index contributed by atoms with van der Waals surface area (Å²) >= 11 is 0. The predicted molar refractivity (Wildman–Crippen MR) is 169 cm³/mol. The largest absolute Gasteiger partial charge is 0.328 e. The van der Waals surface area contributed by atoms with Crippen molar-refractivity contribution in [1.29, 1.82) is 5.26 Å². The van der Waals surface area contributed by atoms with Crippen LogP contribution in [0.1, 0.15) is 16.7 Å². The third kappa shape index (κ3) is 4.06. The van der Waals surface area contributed by atoms with Gasteiger partial charge < -0.3 is 10.7 Å². The Kier molecular flexibility index (Phi) is 6.34. The van der Waals surface area contributed by atoms with Crippen molar-refractivity contribution in [2.24, 2.45) is 12.8 Å². The van der Waals surface area contributed by atoms with Crippen molar-refractivity contribution in [3.8, 4) is 28.5 Å². The van der Waals surface area contributed by atoms with Gasteiger partial charge in [0.1, 0.15) is 6.07 Å². The van der Waals surface area contributed by atoms with Gasteiger partial charge in [0, 0.05) is 41.7 Å². The van der Waals surface area contributed by atoms with Crippen molar-refractivity contribution in [3.63, 3.8) is 0 Å². The highest BCUT2D eigenvalue weighted by Crippen LogP contribution is 2.40. The second-order valence-electron chi connectivity index (χ2n) is 10.3. The van der Waals surface area contributed by atoms with Gasteiger partial charge in [0.15, 0.2) is 0 Å². The molecule has 2 heterocycles. The monoisotopic (exact) mass is 555 g/mol. The average molecular weight is 556 g/mol. The Balaban J connectivity index is 0.00000302. The Morgan fingerprint density at radius 1 is 0.878 bits per heavy atom. The zero-order chi connectivity index (χ0) is 27.5. The fourth-order valence-electron chi connectivity index (χ4n) is 5.96. The topological polar surface area (TPSA) is 100 Å². The molecule has 0 saturated carbocycles. The third-order valence-electron chi connectivity index (χ3n) is 7.99. The van der Waals surface area contributed by atoms with Crippen molar-refractivity contribution >= 4 is 55.5 Å². The molecule has 7 heteroatoms. The van der Waals surface area contributed by atoms with Gasteiger partial charge in [-0.2, -0.15) is 10.4 Å². The number of hydrogen-bond acceptors (Lipinski definition) is 4. The van der Waals surface area contributed by atoms with Gasteiger partial charge >= 0.3 is 0 Å². The molecule has 0 aliphatic rings. The van der Waals surface area contributed by atoms with Crippen molar-refractivity contribution < 1.29 is 0 Å². The van der Waals surface area contributed by atoms with Gasteiger partial charge in [0.05, 0.1) is 17.5 Å². The number of fused-ring (bicyclic) bond motifs is 4. The van der Waals surface area contributed by atoms with Crippen molar-refractivity contribution in [3.05, 3.63) is 112 Å². The quantitative estimate of drug-likeness (QED) is 0.227. The minimum Gasteiger partial charge on any atom is -0.328 e. The van der Waals surface area contributed by atoms with Crippen LogP contribution in [0.2, 0.25) is 0 Å². The Morgan fingerprint density at radius 3 is 2.27 bits per heavy atom. The van der Waals surface area contributed by atoms with E-state index in [2.05, 4.69) is 71.6 Å². The number of nitrogens with one attached hydrogen (secondary N) is 1. The fourth-order valence-corrected chi connectivity index (χ4v) is 5.96. The molecule has 7 aromatic rings. The minimum atomic E-state index is -0.151. The molecule has 2 aromatic heterocycles. The van der Waals surface area contributed by atoms with E-state index in [4.69, 9.17) is 5.73 Å². The van der Waals surface area contributed by atoms with Gasteiger partial charge in [-0.05, 0) is 98.4 Å². The lowest BCUT2D eigenvalue weighted by molar-refractivity contribution is 0.776. The lowest BCUT2D eigenvalue weighted by atomic mass is 9.89. The molecule has 0 spiro atoms. The maximum Gasteiger partial charge on any atom is 0.255 e. The van der Waals surface area contributed by atoms with Crippen LogP contribution in [0.25, 0.3) is 65.5 Å². The van der Waals surface area contributed by atoms with Gasteiger partial charge in [0.25, 0.3) is 5.56 Å². The van der Waals surface area contributed by atoms with E-state index in [-0.39, 0.29) is 18.0 Å². The van der Waals surface area contributed by atoms with Crippen molar-refractivity contribution in [1.82, 2.24) is 14.8 Å². The summed E-state index contributed by atoms with van der Waals surface area (Å²) in [7, 11) is 1.89. The molecule has 200 valence electrons. The molecule has 6 nitrogen and oxygen atoms in total. The molecule has 0 amide bonds. The molecule has 41 heavy (non-hydrogen) atoms. The first-order valence-corrected chi connectivity index (χ1v) is 13.1. The summed E-state index contributed by atoms with van der Waals surface area (Å²) < 4.78 is 1.82. The fraction of sp³-hybridized carbons (Fsp3) is 0.0882. The summed E-state index contributed by atoms with van der Waals surface area (Å²) in [6.07, 6.45) is 3.49. The zero-order valence-electron chi connectivity index (χ0n) is 22.5. The molecule has 0 radical (unpaired) electrons. The molecule has 3 N–H and O–H groups in total. The number of pyridine rings is 1. The number of aromatic nitrogens is 3. The van der Waals surface area contributed by atoms with Gasteiger partial charge in [-0.1, -0.05) is 30.3 Å². The SMILES string of the molecule is Cc1cc(-c2c(-c3ccc4c(=O)[nH]cc(CN)c4c3)cnn2C)c(C#N)c2cc3cc4ccccc4cc3cc12.Cl. The van der Waals surface area contributed by atoms with E-state index in [0.29, 0.717) is 17.5 Å². The van der Waals surface area contributed by atoms with Crippen molar-refractivity contribution in [2.75, 3.05) is 0 Å². The summed E-state index contributed by atoms with van der Waals surface area (Å²) in [5.41, 5.74) is 11.9. The molecule has 0 aliphatic carbocycles. The molecule has 0 aliphatic heterocycles. The smallest absolute Gasteiger partial charge is 0.255 e. The van der Waals surface area contributed by atoms with E-state index >= 15 is 0 Å². The third-order valence-corrected chi connectivity index (χ3v) is 7.99. The van der Waals surface area contributed by atoms with E-state index < -0.39 is 0 Å². The van der Waals surface area contributed by atoms with E-state index in [0.717, 1.165) is 60.4 Å². The Bertz CT molecular complexity index is 2270. The number of nitrogens with two attached hydrogens (primary N) is 1. The van der Waals surface area contributed by atoms with Gasteiger partial charge in [-0.15, -0.1) is 12.4 Å². The molecule has 5 aromatic carbocycles. The number of rotatable bonds is 3. The second-order valence-corrected chi connectivity index (χ2v) is 10.3. The molecular weight excluding hydrogens is 530 g/mol. The average Bonchev–Trinajstić information content (AvgIpc) is 3.36. The molecule has 0 unspecified atom stereocenters. The summed E-state index contributed by atoms with van der Waals surface area (Å²) in [5.74, 6) is 0. The van der Waals surface area contributed by atoms with Crippen molar-refractivity contribution in [2.45, 2.75) is 13.5 Å². The number of aromatic amines is 1. The van der Waals surface area contributed by atoms with Gasteiger partial charge in [-0.25, -0.2) is 0 Å². The first-order chi connectivity index (χ1) is 19.5. The maximum atomic E-state index is 12.4. The van der Waals surface area contributed by atoms with Crippen LogP contribution in [0.15, 0.2) is 90.0 Å². The highest BCUT2D eigenvalue weighted by Gasteiger charge is 2.20. The highest BCUT2D eigenvalue weighted by molar-refractivity contribution is 6.08. The number of nitrogens with zero attached hydrogens (tertiary/aromatic N) is 3. The van der Waals surface area contributed by atoms with Crippen LogP contribution in [0.4, 0.5) is 0 Å². The van der Waals surface area contributed by atoms with Crippen LogP contribution in [-0.2, 0) is 13.6 Å². The summed E-state index contributed by atoms with van der Waals surface area (Å²) in [6.45, 7) is 2.40. The zero-order valence-corrected chi connectivity index (χ0v) is 23.3. The summed E-state index contributed by atoms with van der Waals surface area (Å²) in [5, 5.41) is 23.1. The molecule has 0 saturated heterocycles. The Morgan fingerprint density at radius 2 is 1.59 bits per heavy atom. The van der Waals surface area contributed by atoms with Gasteiger partial charge in [-0.3, -0.25) is 9.48 Å². The van der Waals surface area contributed by atoms with Crippen LogP contribution in [-0.4, -0.2) is 14.8 Å². The normalized spacial score (nSPS) is 11.3. The number of benzene rings is 5. The Labute approximate surface area is 242 Å². The number of halogens is 1. The first-order valence-electron chi connectivity index (χ1n) is 13.1. The lowest BCUT2D eigenvalue weighted by Gasteiger charge is -2.15. The molecule has 0 bridgehead atoms. The first kappa shape index (κ1) is 26.3. The summed E-state index contributed by atoms with van der Waals surface area (Å²) in [4.78, 5) is 15.2. The van der Waals surface area contributed by atoms with Crippen LogP contribution in [0, 0.1) is 18.3 Å². The van der Waals surface area contributed by atoms with E-state index in [9.17, 15) is 10.1 Å². The van der Waals surface area contributed by atoms with Crippen LogP contribution < -0.4 is 11.3 Å². The van der Waals surface area contributed by atoms with E-state index in [1.807, 2.05) is 42.2 Å². The minimum absolute atomic E-state index is 0. The number of hydrogen-bond donors (Lipinski definition) is 2. The second kappa shape index (κ2) is 9.90. The lowest BCUT2D eigenvalue weighted by Crippen LogP contribution is -2.09. The molecule has 0 fully saturated rings. The van der Waals surface area contributed by atoms with E-state index in [1.165, 1.54) is 10.8 Å². The Hall–Kier alpha value is -4.96. The predicted octanol–water partition coefficient (Wildman–Crippen LogP) is 7.12. The number of H-pyrrole nitrogens is 1. The molecular formula is C34H26ClN5O. The van der Waals surface area contributed by atoms with Crippen LogP contribution in [0.5, 0.6) is 0 Å². The van der Waals surface area contributed by atoms with E-state index in [1.54, 1.807) is 6.20 Å². The molecule has 0 atom stereocenters. The van der Waals surface area contributed by atoms with Crippen LogP contribution >= 0.6 is 12.4 Å². The molecule has 7 rings (SSSR count).